The minimum absolute atomic E-state index is 0.0821. The molecule has 1 fully saturated rings. The number of hydrogen-bond acceptors (Lipinski definition) is 4. The van der Waals surface area contributed by atoms with E-state index in [2.05, 4.69) is 15.5 Å². The van der Waals surface area contributed by atoms with Gasteiger partial charge in [0.05, 0.1) is 6.61 Å². The van der Waals surface area contributed by atoms with E-state index >= 15 is 0 Å². The highest BCUT2D eigenvalue weighted by Crippen LogP contribution is 2.44. The van der Waals surface area contributed by atoms with Crippen LogP contribution in [0.4, 0.5) is 5.82 Å². The molecule has 1 heterocycles. The zero-order valence-corrected chi connectivity index (χ0v) is 8.29. The molecule has 1 aromatic rings. The molecular weight excluding hydrogens is 196 g/mol. The van der Waals surface area contributed by atoms with Crippen LogP contribution in [0.5, 0.6) is 0 Å². The summed E-state index contributed by atoms with van der Waals surface area (Å²) in [5.74, 6) is 0.0577. The van der Waals surface area contributed by atoms with Crippen LogP contribution in [0.25, 0.3) is 0 Å². The number of rotatable bonds is 4. The molecule has 0 unspecified atom stereocenters. The molecule has 0 saturated heterocycles. The molecule has 1 aromatic heterocycles. The summed E-state index contributed by atoms with van der Waals surface area (Å²) in [6.07, 6.45) is 1.93. The highest BCUT2D eigenvalue weighted by Gasteiger charge is 2.42. The fourth-order valence-corrected chi connectivity index (χ4v) is 1.38. The van der Waals surface area contributed by atoms with Crippen molar-refractivity contribution in [2.24, 2.45) is 5.41 Å². The molecule has 0 spiro atoms. The zero-order chi connectivity index (χ0) is 10.9. The Bertz CT molecular complexity index is 370. The molecule has 1 amide bonds. The molecule has 6 heteroatoms. The fraction of sp³-hybridized carbons (Fsp3) is 0.556. The van der Waals surface area contributed by atoms with Gasteiger partial charge in [0, 0.05) is 18.0 Å². The third-order valence-electron chi connectivity index (χ3n) is 2.76. The second-order valence-corrected chi connectivity index (χ2v) is 4.05. The van der Waals surface area contributed by atoms with Gasteiger partial charge in [-0.05, 0) is 12.8 Å². The number of carbonyl (C=O) groups is 1. The van der Waals surface area contributed by atoms with Crippen LogP contribution in [0, 0.1) is 5.41 Å². The lowest BCUT2D eigenvalue weighted by atomic mass is 10.1. The SMILES string of the molecule is Nc1cc(C(=O)NCC2(CO)CC2)[nH]n1. The normalized spacial score (nSPS) is 17.4. The second-order valence-electron chi connectivity index (χ2n) is 4.05. The number of amides is 1. The predicted octanol–water partition coefficient (Wildman–Crippen LogP) is -0.506. The summed E-state index contributed by atoms with van der Waals surface area (Å²) >= 11 is 0. The van der Waals surface area contributed by atoms with Gasteiger partial charge in [0.1, 0.15) is 11.5 Å². The minimum Gasteiger partial charge on any atom is -0.396 e. The molecule has 1 saturated carbocycles. The Morgan fingerprint density at radius 2 is 2.47 bits per heavy atom. The number of H-pyrrole nitrogens is 1. The number of anilines is 1. The van der Waals surface area contributed by atoms with Crippen LogP contribution in [0.1, 0.15) is 23.3 Å². The number of aliphatic hydroxyl groups excluding tert-OH is 1. The standard InChI is InChI=1S/C9H14N4O2/c10-7-3-6(12-13-7)8(15)11-4-9(5-14)1-2-9/h3,14H,1-2,4-5H2,(H,11,15)(H3,10,12,13). The first kappa shape index (κ1) is 9.97. The Kier molecular flexibility index (Phi) is 2.36. The summed E-state index contributed by atoms with van der Waals surface area (Å²) in [4.78, 5) is 11.5. The quantitative estimate of drug-likeness (QED) is 0.537. The number of nitrogens with two attached hydrogens (primary N) is 1. The number of hydrogen-bond donors (Lipinski definition) is 4. The number of aromatic nitrogens is 2. The summed E-state index contributed by atoms with van der Waals surface area (Å²) in [6.45, 7) is 0.625. The number of nitrogens with zero attached hydrogens (tertiary/aromatic N) is 1. The first-order chi connectivity index (χ1) is 7.15. The van der Waals surface area contributed by atoms with Crippen molar-refractivity contribution in [3.05, 3.63) is 11.8 Å². The van der Waals surface area contributed by atoms with Gasteiger partial charge in [-0.15, -0.1) is 0 Å². The molecule has 15 heavy (non-hydrogen) atoms. The van der Waals surface area contributed by atoms with Crippen molar-refractivity contribution in [2.75, 3.05) is 18.9 Å². The average molecular weight is 210 g/mol. The van der Waals surface area contributed by atoms with Crippen LogP contribution in [0.3, 0.4) is 0 Å². The molecule has 0 radical (unpaired) electrons. The largest absolute Gasteiger partial charge is 0.396 e. The Morgan fingerprint density at radius 3 is 2.93 bits per heavy atom. The summed E-state index contributed by atoms with van der Waals surface area (Å²) in [5, 5.41) is 18.0. The second kappa shape index (κ2) is 3.54. The summed E-state index contributed by atoms with van der Waals surface area (Å²) in [7, 11) is 0. The average Bonchev–Trinajstić information content (AvgIpc) is 2.90. The van der Waals surface area contributed by atoms with Crippen LogP contribution in [-0.2, 0) is 0 Å². The number of nitrogens with one attached hydrogen (secondary N) is 2. The van der Waals surface area contributed by atoms with E-state index in [1.165, 1.54) is 6.07 Å². The first-order valence-corrected chi connectivity index (χ1v) is 4.85. The molecule has 5 N–H and O–H groups in total. The number of aliphatic hydroxyl groups is 1. The van der Waals surface area contributed by atoms with E-state index in [1.54, 1.807) is 0 Å². The monoisotopic (exact) mass is 210 g/mol. The Morgan fingerprint density at radius 1 is 1.73 bits per heavy atom. The maximum atomic E-state index is 11.5. The maximum Gasteiger partial charge on any atom is 0.269 e. The van der Waals surface area contributed by atoms with Crippen molar-refractivity contribution in [3.63, 3.8) is 0 Å². The lowest BCUT2D eigenvalue weighted by Gasteiger charge is -2.11. The smallest absolute Gasteiger partial charge is 0.269 e. The molecule has 6 nitrogen and oxygen atoms in total. The van der Waals surface area contributed by atoms with E-state index in [1.807, 2.05) is 0 Å². The van der Waals surface area contributed by atoms with E-state index in [9.17, 15) is 4.79 Å². The Balaban J connectivity index is 1.88. The highest BCUT2D eigenvalue weighted by atomic mass is 16.3. The van der Waals surface area contributed by atoms with Gasteiger partial charge < -0.3 is 16.2 Å². The van der Waals surface area contributed by atoms with E-state index in [-0.39, 0.29) is 17.9 Å². The lowest BCUT2D eigenvalue weighted by molar-refractivity contribution is 0.0930. The predicted molar refractivity (Wildman–Crippen MR) is 54.1 cm³/mol. The Labute approximate surface area is 86.9 Å². The van der Waals surface area contributed by atoms with Crippen molar-refractivity contribution >= 4 is 11.7 Å². The molecule has 1 aliphatic rings. The third-order valence-corrected chi connectivity index (χ3v) is 2.76. The first-order valence-electron chi connectivity index (χ1n) is 4.85. The Hall–Kier alpha value is -1.56. The summed E-state index contributed by atoms with van der Waals surface area (Å²) in [5.41, 5.74) is 5.64. The molecule has 0 aromatic carbocycles. The van der Waals surface area contributed by atoms with Crippen molar-refractivity contribution in [1.29, 1.82) is 0 Å². The highest BCUT2D eigenvalue weighted by molar-refractivity contribution is 5.92. The number of carbonyl (C=O) groups excluding carboxylic acids is 1. The lowest BCUT2D eigenvalue weighted by Crippen LogP contribution is -2.32. The number of aromatic amines is 1. The molecular formula is C9H14N4O2. The molecule has 0 bridgehead atoms. The maximum absolute atomic E-state index is 11.5. The van der Waals surface area contributed by atoms with Gasteiger partial charge in [0.15, 0.2) is 0 Å². The van der Waals surface area contributed by atoms with Crippen LogP contribution in [0.15, 0.2) is 6.07 Å². The minimum atomic E-state index is -0.237. The van der Waals surface area contributed by atoms with Crippen molar-refractivity contribution in [2.45, 2.75) is 12.8 Å². The molecule has 0 aliphatic heterocycles. The molecule has 2 rings (SSSR count). The van der Waals surface area contributed by atoms with Crippen LogP contribution in [0.2, 0.25) is 0 Å². The molecule has 1 aliphatic carbocycles. The van der Waals surface area contributed by atoms with Gasteiger partial charge in [-0.2, -0.15) is 5.10 Å². The van der Waals surface area contributed by atoms with Crippen LogP contribution in [-0.4, -0.2) is 34.4 Å². The fourth-order valence-electron chi connectivity index (χ4n) is 1.38. The topological polar surface area (TPSA) is 104 Å². The third kappa shape index (κ3) is 2.10. The summed E-state index contributed by atoms with van der Waals surface area (Å²) in [6, 6.07) is 1.48. The van der Waals surface area contributed by atoms with E-state index in [4.69, 9.17) is 10.8 Å². The molecule has 0 atom stereocenters. The van der Waals surface area contributed by atoms with Gasteiger partial charge in [-0.1, -0.05) is 0 Å². The number of nitrogen functional groups attached to an aromatic ring is 1. The van der Waals surface area contributed by atoms with Crippen molar-refractivity contribution < 1.29 is 9.90 Å². The van der Waals surface area contributed by atoms with Crippen molar-refractivity contribution in [1.82, 2.24) is 15.5 Å². The van der Waals surface area contributed by atoms with Crippen molar-refractivity contribution in [3.8, 4) is 0 Å². The van der Waals surface area contributed by atoms with Crippen LogP contribution >= 0.6 is 0 Å². The van der Waals surface area contributed by atoms with E-state index < -0.39 is 0 Å². The zero-order valence-electron chi connectivity index (χ0n) is 8.29. The van der Waals surface area contributed by atoms with Gasteiger partial charge >= 0.3 is 0 Å². The van der Waals surface area contributed by atoms with Gasteiger partial charge in [0.25, 0.3) is 5.91 Å². The van der Waals surface area contributed by atoms with E-state index in [0.29, 0.717) is 18.1 Å². The van der Waals surface area contributed by atoms with Gasteiger partial charge in [-0.25, -0.2) is 0 Å². The van der Waals surface area contributed by atoms with Gasteiger partial charge in [0.2, 0.25) is 0 Å². The summed E-state index contributed by atoms with van der Waals surface area (Å²) < 4.78 is 0. The van der Waals surface area contributed by atoms with E-state index in [0.717, 1.165) is 12.8 Å². The van der Waals surface area contributed by atoms with Gasteiger partial charge in [-0.3, -0.25) is 9.89 Å². The molecule has 82 valence electrons. The van der Waals surface area contributed by atoms with Crippen LogP contribution < -0.4 is 11.1 Å².